The van der Waals surface area contributed by atoms with Crippen molar-refractivity contribution in [3.63, 3.8) is 0 Å². The second-order valence-electron chi connectivity index (χ2n) is 3.74. The molecule has 0 bridgehead atoms. The number of carbonyl (C=O) groups is 1. The molecule has 0 atom stereocenters. The van der Waals surface area contributed by atoms with Crippen LogP contribution in [0.4, 0.5) is 0 Å². The summed E-state index contributed by atoms with van der Waals surface area (Å²) in [6.07, 6.45) is 2.78. The van der Waals surface area contributed by atoms with E-state index in [0.717, 1.165) is 31.6 Å². The van der Waals surface area contributed by atoms with Crippen LogP contribution in [0.15, 0.2) is 0 Å². The van der Waals surface area contributed by atoms with Gasteiger partial charge in [0.2, 0.25) is 5.82 Å². The molecule has 90 valence electrons. The quantitative estimate of drug-likeness (QED) is 0.798. The summed E-state index contributed by atoms with van der Waals surface area (Å²) in [4.78, 5) is 17.9. The zero-order valence-electron chi connectivity index (χ0n) is 10.3. The van der Waals surface area contributed by atoms with Crippen LogP contribution < -0.4 is 0 Å². The average molecular weight is 224 g/mol. The summed E-state index contributed by atoms with van der Waals surface area (Å²) in [5, 5.41) is 6.76. The van der Waals surface area contributed by atoms with E-state index in [-0.39, 0.29) is 5.91 Å². The number of nitrogens with one attached hydrogen (secondary N) is 1. The molecule has 0 aliphatic rings. The molecule has 0 radical (unpaired) electrons. The van der Waals surface area contributed by atoms with Crippen LogP contribution in [-0.2, 0) is 6.42 Å². The minimum absolute atomic E-state index is 0.0806. The molecule has 1 amide bonds. The molecule has 16 heavy (non-hydrogen) atoms. The summed E-state index contributed by atoms with van der Waals surface area (Å²) in [5.41, 5.74) is 0. The SMILES string of the molecule is CCCc1nc(C(=O)N(CC)CCC)n[nH]1. The Bertz CT molecular complexity index is 334. The molecule has 0 aromatic carbocycles. The van der Waals surface area contributed by atoms with E-state index in [1.165, 1.54) is 0 Å². The fourth-order valence-electron chi connectivity index (χ4n) is 1.55. The van der Waals surface area contributed by atoms with E-state index < -0.39 is 0 Å². The molecular weight excluding hydrogens is 204 g/mol. The molecule has 5 heteroatoms. The first-order valence-electron chi connectivity index (χ1n) is 5.93. The number of amides is 1. The third-order valence-corrected chi connectivity index (χ3v) is 2.37. The molecule has 0 saturated heterocycles. The summed E-state index contributed by atoms with van der Waals surface area (Å²) in [6.45, 7) is 7.54. The molecule has 1 aromatic heterocycles. The maximum absolute atomic E-state index is 12.0. The van der Waals surface area contributed by atoms with Crippen molar-refractivity contribution >= 4 is 5.91 Å². The van der Waals surface area contributed by atoms with Crippen LogP contribution in [0.5, 0.6) is 0 Å². The van der Waals surface area contributed by atoms with Crippen molar-refractivity contribution in [2.24, 2.45) is 0 Å². The van der Waals surface area contributed by atoms with Gasteiger partial charge in [0.1, 0.15) is 5.82 Å². The number of hydrogen-bond acceptors (Lipinski definition) is 3. The van der Waals surface area contributed by atoms with Gasteiger partial charge in [-0.2, -0.15) is 0 Å². The molecule has 1 N–H and O–H groups in total. The first-order valence-corrected chi connectivity index (χ1v) is 5.93. The van der Waals surface area contributed by atoms with Crippen LogP contribution in [0.2, 0.25) is 0 Å². The van der Waals surface area contributed by atoms with Gasteiger partial charge in [0.05, 0.1) is 0 Å². The lowest BCUT2D eigenvalue weighted by molar-refractivity contribution is 0.0752. The number of aryl methyl sites for hydroxylation is 1. The summed E-state index contributed by atoms with van der Waals surface area (Å²) in [5.74, 6) is 1.00. The van der Waals surface area contributed by atoms with Gasteiger partial charge in [0, 0.05) is 19.5 Å². The molecule has 0 aliphatic heterocycles. The van der Waals surface area contributed by atoms with Gasteiger partial charge in [0.25, 0.3) is 5.91 Å². The van der Waals surface area contributed by atoms with E-state index in [0.29, 0.717) is 12.4 Å². The maximum Gasteiger partial charge on any atom is 0.293 e. The van der Waals surface area contributed by atoms with Gasteiger partial charge in [-0.25, -0.2) is 4.98 Å². The highest BCUT2D eigenvalue weighted by Gasteiger charge is 2.17. The van der Waals surface area contributed by atoms with Crippen molar-refractivity contribution in [1.29, 1.82) is 0 Å². The Balaban J connectivity index is 2.70. The first-order chi connectivity index (χ1) is 7.72. The van der Waals surface area contributed by atoms with E-state index in [1.54, 1.807) is 4.90 Å². The van der Waals surface area contributed by atoms with Gasteiger partial charge in [0.15, 0.2) is 0 Å². The molecule has 1 heterocycles. The number of carbonyl (C=O) groups excluding carboxylic acids is 1. The second-order valence-corrected chi connectivity index (χ2v) is 3.74. The van der Waals surface area contributed by atoms with Crippen LogP contribution in [0.3, 0.4) is 0 Å². The number of nitrogens with zero attached hydrogens (tertiary/aromatic N) is 3. The van der Waals surface area contributed by atoms with Crippen molar-refractivity contribution in [3.8, 4) is 0 Å². The van der Waals surface area contributed by atoms with E-state index >= 15 is 0 Å². The van der Waals surface area contributed by atoms with Crippen LogP contribution in [0, 0.1) is 0 Å². The lowest BCUT2D eigenvalue weighted by Gasteiger charge is -2.17. The minimum Gasteiger partial charge on any atom is -0.336 e. The Morgan fingerprint density at radius 1 is 1.31 bits per heavy atom. The Kier molecular flexibility index (Phi) is 4.95. The molecule has 0 aliphatic carbocycles. The van der Waals surface area contributed by atoms with Crippen LogP contribution in [0.25, 0.3) is 0 Å². The number of H-pyrrole nitrogens is 1. The lowest BCUT2D eigenvalue weighted by Crippen LogP contribution is -2.32. The van der Waals surface area contributed by atoms with Crippen molar-refractivity contribution in [3.05, 3.63) is 11.6 Å². The zero-order chi connectivity index (χ0) is 12.0. The number of rotatable bonds is 6. The highest BCUT2D eigenvalue weighted by molar-refractivity contribution is 5.90. The fourth-order valence-corrected chi connectivity index (χ4v) is 1.55. The summed E-state index contributed by atoms with van der Waals surface area (Å²) in [7, 11) is 0. The van der Waals surface area contributed by atoms with Crippen molar-refractivity contribution in [1.82, 2.24) is 20.1 Å². The fraction of sp³-hybridized carbons (Fsp3) is 0.727. The van der Waals surface area contributed by atoms with Gasteiger partial charge in [-0.3, -0.25) is 9.89 Å². The Labute approximate surface area is 96.3 Å². The molecule has 0 unspecified atom stereocenters. The van der Waals surface area contributed by atoms with Gasteiger partial charge in [-0.05, 0) is 19.8 Å². The van der Waals surface area contributed by atoms with Crippen LogP contribution in [-0.4, -0.2) is 39.1 Å². The maximum atomic E-state index is 12.0. The highest BCUT2D eigenvalue weighted by atomic mass is 16.2. The van der Waals surface area contributed by atoms with E-state index in [9.17, 15) is 4.79 Å². The van der Waals surface area contributed by atoms with Crippen molar-refractivity contribution < 1.29 is 4.79 Å². The zero-order valence-corrected chi connectivity index (χ0v) is 10.3. The molecule has 0 spiro atoms. The smallest absolute Gasteiger partial charge is 0.293 e. The normalized spacial score (nSPS) is 10.4. The molecule has 0 saturated carbocycles. The predicted octanol–water partition coefficient (Wildman–Crippen LogP) is 1.63. The van der Waals surface area contributed by atoms with Crippen molar-refractivity contribution in [2.45, 2.75) is 40.0 Å². The Morgan fingerprint density at radius 3 is 2.62 bits per heavy atom. The highest BCUT2D eigenvalue weighted by Crippen LogP contribution is 2.02. The van der Waals surface area contributed by atoms with E-state index in [4.69, 9.17) is 0 Å². The molecule has 0 fully saturated rings. The number of hydrogen-bond donors (Lipinski definition) is 1. The lowest BCUT2D eigenvalue weighted by atomic mass is 10.3. The third-order valence-electron chi connectivity index (χ3n) is 2.37. The topological polar surface area (TPSA) is 61.9 Å². The first kappa shape index (κ1) is 12.7. The van der Waals surface area contributed by atoms with E-state index in [1.807, 2.05) is 6.92 Å². The summed E-state index contributed by atoms with van der Waals surface area (Å²) >= 11 is 0. The van der Waals surface area contributed by atoms with Gasteiger partial charge >= 0.3 is 0 Å². The second kappa shape index (κ2) is 6.25. The molecule has 5 nitrogen and oxygen atoms in total. The standard InChI is InChI=1S/C11H20N4O/c1-4-7-9-12-10(14-13-9)11(16)15(6-3)8-5-2/h4-8H2,1-3H3,(H,12,13,14). The number of aromatic nitrogens is 3. The van der Waals surface area contributed by atoms with Gasteiger partial charge in [-0.1, -0.05) is 13.8 Å². The van der Waals surface area contributed by atoms with Crippen LogP contribution >= 0.6 is 0 Å². The van der Waals surface area contributed by atoms with Crippen LogP contribution in [0.1, 0.15) is 50.1 Å². The molecule has 1 aromatic rings. The third kappa shape index (κ3) is 3.05. The van der Waals surface area contributed by atoms with Gasteiger partial charge < -0.3 is 4.90 Å². The number of aromatic amines is 1. The largest absolute Gasteiger partial charge is 0.336 e. The van der Waals surface area contributed by atoms with E-state index in [2.05, 4.69) is 29.0 Å². The Hall–Kier alpha value is -1.39. The molecule has 1 rings (SSSR count). The monoisotopic (exact) mass is 224 g/mol. The summed E-state index contributed by atoms with van der Waals surface area (Å²) < 4.78 is 0. The minimum atomic E-state index is -0.0806. The average Bonchev–Trinajstić information content (AvgIpc) is 2.74. The van der Waals surface area contributed by atoms with Gasteiger partial charge in [-0.15, -0.1) is 5.10 Å². The predicted molar refractivity (Wildman–Crippen MR) is 62.2 cm³/mol. The Morgan fingerprint density at radius 2 is 2.06 bits per heavy atom. The summed E-state index contributed by atoms with van der Waals surface area (Å²) in [6, 6.07) is 0. The van der Waals surface area contributed by atoms with Crippen molar-refractivity contribution in [2.75, 3.05) is 13.1 Å². The molecular formula is C11H20N4O.